The number of hydrogen-bond donors (Lipinski definition) is 1. The summed E-state index contributed by atoms with van der Waals surface area (Å²) in [6.07, 6.45) is 2.60. The molecule has 4 rings (SSSR count). The van der Waals surface area contributed by atoms with Crippen LogP contribution in [0.3, 0.4) is 0 Å². The van der Waals surface area contributed by atoms with Gasteiger partial charge in [-0.2, -0.15) is 5.10 Å². The average Bonchev–Trinajstić information content (AvgIpc) is 2.80. The molecule has 1 aromatic heterocycles. The van der Waals surface area contributed by atoms with Gasteiger partial charge in [-0.25, -0.2) is 5.43 Å². The number of fused-ring (bicyclic) bond motifs is 1. The first-order valence-electron chi connectivity index (χ1n) is 9.31. The summed E-state index contributed by atoms with van der Waals surface area (Å²) in [5, 5.41) is 4.33. The van der Waals surface area contributed by atoms with Crippen molar-refractivity contribution in [2.45, 2.75) is 6.61 Å². The number of amides is 1. The van der Waals surface area contributed by atoms with Crippen LogP contribution in [-0.2, 0) is 6.61 Å². The largest absolute Gasteiger partial charge is 0.489 e. The van der Waals surface area contributed by atoms with Crippen molar-refractivity contribution < 1.29 is 13.9 Å². The highest BCUT2D eigenvalue weighted by molar-refractivity contribution is 5.95. The van der Waals surface area contributed by atoms with Gasteiger partial charge in [-0.1, -0.05) is 42.5 Å². The molecule has 0 unspecified atom stereocenters. The molecule has 3 aromatic carbocycles. The quantitative estimate of drug-likeness (QED) is 0.391. The molecule has 0 aliphatic carbocycles. The molecule has 4 aromatic rings. The van der Waals surface area contributed by atoms with E-state index < -0.39 is 0 Å². The lowest BCUT2D eigenvalue weighted by molar-refractivity contribution is 0.0955. The molecular formula is C24H18N2O4. The number of hydrogen-bond acceptors (Lipinski definition) is 5. The van der Waals surface area contributed by atoms with Crippen LogP contribution < -0.4 is 15.6 Å². The zero-order chi connectivity index (χ0) is 20.8. The zero-order valence-corrected chi connectivity index (χ0v) is 15.9. The van der Waals surface area contributed by atoms with Gasteiger partial charge in [0, 0.05) is 5.56 Å². The summed E-state index contributed by atoms with van der Waals surface area (Å²) in [6, 6.07) is 23.5. The summed E-state index contributed by atoms with van der Waals surface area (Å²) in [6.45, 7) is 0.405. The van der Waals surface area contributed by atoms with Gasteiger partial charge < -0.3 is 9.15 Å². The van der Waals surface area contributed by atoms with Crippen molar-refractivity contribution in [1.29, 1.82) is 0 Å². The SMILES string of the molecule is O=C(N/N=C\c1coc2ccccc2c1=O)c1ccc(COc2ccccc2)cc1. The number of ether oxygens (including phenoxy) is 1. The van der Waals surface area contributed by atoms with Crippen LogP contribution in [0, 0.1) is 0 Å². The van der Waals surface area contributed by atoms with Crippen molar-refractivity contribution in [1.82, 2.24) is 5.43 Å². The third-order valence-electron chi connectivity index (χ3n) is 4.44. The number of benzene rings is 3. The van der Waals surface area contributed by atoms with Gasteiger partial charge in [0.2, 0.25) is 5.43 Å². The van der Waals surface area contributed by atoms with Gasteiger partial charge in [0.15, 0.2) is 0 Å². The predicted octanol–water partition coefficient (Wildman–Crippen LogP) is 4.14. The van der Waals surface area contributed by atoms with E-state index in [0.29, 0.717) is 23.1 Å². The van der Waals surface area contributed by atoms with Gasteiger partial charge in [-0.15, -0.1) is 0 Å². The molecule has 0 spiro atoms. The van der Waals surface area contributed by atoms with Crippen molar-refractivity contribution in [3.8, 4) is 5.75 Å². The maximum atomic E-state index is 12.4. The molecule has 0 atom stereocenters. The molecule has 0 saturated heterocycles. The number of hydrazone groups is 1. The van der Waals surface area contributed by atoms with Gasteiger partial charge in [0.05, 0.1) is 17.2 Å². The molecule has 1 heterocycles. The highest BCUT2D eigenvalue weighted by Crippen LogP contribution is 2.12. The Hall–Kier alpha value is -4.19. The average molecular weight is 398 g/mol. The third kappa shape index (κ3) is 4.44. The van der Waals surface area contributed by atoms with Crippen LogP contribution in [0.1, 0.15) is 21.5 Å². The van der Waals surface area contributed by atoms with E-state index in [-0.39, 0.29) is 16.9 Å². The number of para-hydroxylation sites is 2. The van der Waals surface area contributed by atoms with Gasteiger partial charge in [0.25, 0.3) is 5.91 Å². The maximum Gasteiger partial charge on any atom is 0.271 e. The minimum absolute atomic E-state index is 0.211. The Labute approximate surface area is 172 Å². The summed E-state index contributed by atoms with van der Waals surface area (Å²) in [5.74, 6) is 0.402. The molecule has 1 N–H and O–H groups in total. The van der Waals surface area contributed by atoms with Crippen LogP contribution in [0.5, 0.6) is 5.75 Å². The van der Waals surface area contributed by atoms with Crippen LogP contribution >= 0.6 is 0 Å². The van der Waals surface area contributed by atoms with Crippen molar-refractivity contribution in [2.24, 2.45) is 5.10 Å². The van der Waals surface area contributed by atoms with Gasteiger partial charge in [-0.05, 0) is 42.0 Å². The standard InChI is InChI=1S/C24H18N2O4/c27-23-19(16-30-22-9-5-4-8-21(22)23)14-25-26-24(28)18-12-10-17(11-13-18)15-29-20-6-2-1-3-7-20/h1-14,16H,15H2,(H,26,28)/b25-14-. The fourth-order valence-electron chi connectivity index (χ4n) is 2.84. The van der Waals surface area contributed by atoms with Gasteiger partial charge in [-0.3, -0.25) is 9.59 Å². The van der Waals surface area contributed by atoms with E-state index in [2.05, 4.69) is 10.5 Å². The van der Waals surface area contributed by atoms with Gasteiger partial charge in [0.1, 0.15) is 24.2 Å². The van der Waals surface area contributed by atoms with E-state index in [1.165, 1.54) is 12.5 Å². The molecule has 0 bridgehead atoms. The normalized spacial score (nSPS) is 10.9. The van der Waals surface area contributed by atoms with Crippen LogP contribution in [-0.4, -0.2) is 12.1 Å². The van der Waals surface area contributed by atoms with E-state index >= 15 is 0 Å². The molecular weight excluding hydrogens is 380 g/mol. The molecule has 0 aliphatic heterocycles. The number of carbonyl (C=O) groups is 1. The molecule has 0 fully saturated rings. The highest BCUT2D eigenvalue weighted by atomic mass is 16.5. The summed E-state index contributed by atoms with van der Waals surface area (Å²) in [4.78, 5) is 24.7. The van der Waals surface area contributed by atoms with Crippen LogP contribution in [0.2, 0.25) is 0 Å². The Morgan fingerprint density at radius 1 is 0.967 bits per heavy atom. The molecule has 0 radical (unpaired) electrons. The maximum absolute atomic E-state index is 12.4. The fourth-order valence-corrected chi connectivity index (χ4v) is 2.84. The topological polar surface area (TPSA) is 80.9 Å². The summed E-state index contributed by atoms with van der Waals surface area (Å²) in [7, 11) is 0. The Balaban J connectivity index is 1.37. The fraction of sp³-hybridized carbons (Fsp3) is 0.0417. The predicted molar refractivity (Wildman–Crippen MR) is 115 cm³/mol. The number of rotatable bonds is 6. The van der Waals surface area contributed by atoms with Crippen molar-refractivity contribution in [3.05, 3.63) is 112 Å². The minimum Gasteiger partial charge on any atom is -0.489 e. The second-order valence-corrected chi connectivity index (χ2v) is 6.51. The Morgan fingerprint density at radius 3 is 2.50 bits per heavy atom. The number of nitrogens with zero attached hydrogens (tertiary/aromatic N) is 1. The lowest BCUT2D eigenvalue weighted by atomic mass is 10.1. The smallest absolute Gasteiger partial charge is 0.271 e. The third-order valence-corrected chi connectivity index (χ3v) is 4.44. The molecule has 148 valence electrons. The number of carbonyl (C=O) groups excluding carboxylic acids is 1. The highest BCUT2D eigenvalue weighted by Gasteiger charge is 2.06. The first-order chi connectivity index (χ1) is 14.7. The van der Waals surface area contributed by atoms with Crippen LogP contribution in [0.15, 0.2) is 99.4 Å². The first-order valence-corrected chi connectivity index (χ1v) is 9.31. The second-order valence-electron chi connectivity index (χ2n) is 6.51. The van der Waals surface area contributed by atoms with E-state index in [9.17, 15) is 9.59 Å². The molecule has 6 nitrogen and oxygen atoms in total. The molecule has 1 amide bonds. The Kier molecular flexibility index (Phi) is 5.66. The molecule has 0 saturated carbocycles. The number of nitrogens with one attached hydrogen (secondary N) is 1. The van der Waals surface area contributed by atoms with Crippen LogP contribution in [0.25, 0.3) is 11.0 Å². The van der Waals surface area contributed by atoms with Crippen molar-refractivity contribution in [3.63, 3.8) is 0 Å². The Morgan fingerprint density at radius 2 is 1.70 bits per heavy atom. The molecule has 6 heteroatoms. The molecule has 0 aliphatic rings. The summed E-state index contributed by atoms with van der Waals surface area (Å²) in [5.41, 5.74) is 4.34. The Bertz CT molecular complexity index is 1250. The summed E-state index contributed by atoms with van der Waals surface area (Å²) >= 11 is 0. The molecule has 30 heavy (non-hydrogen) atoms. The summed E-state index contributed by atoms with van der Waals surface area (Å²) < 4.78 is 11.1. The van der Waals surface area contributed by atoms with E-state index in [4.69, 9.17) is 9.15 Å². The monoisotopic (exact) mass is 398 g/mol. The second kappa shape index (κ2) is 8.87. The van der Waals surface area contributed by atoms with E-state index in [1.807, 2.05) is 42.5 Å². The minimum atomic E-state index is -0.382. The van der Waals surface area contributed by atoms with Crippen LogP contribution in [0.4, 0.5) is 0 Å². The first kappa shape index (κ1) is 19.1. The van der Waals surface area contributed by atoms with Crippen molar-refractivity contribution in [2.75, 3.05) is 0 Å². The van der Waals surface area contributed by atoms with E-state index in [1.54, 1.807) is 36.4 Å². The lowest BCUT2D eigenvalue weighted by Gasteiger charge is -2.06. The van der Waals surface area contributed by atoms with Crippen molar-refractivity contribution >= 4 is 23.1 Å². The van der Waals surface area contributed by atoms with Gasteiger partial charge >= 0.3 is 0 Å². The lowest BCUT2D eigenvalue weighted by Crippen LogP contribution is -2.18. The zero-order valence-electron chi connectivity index (χ0n) is 15.9. The van der Waals surface area contributed by atoms with E-state index in [0.717, 1.165) is 11.3 Å².